The summed E-state index contributed by atoms with van der Waals surface area (Å²) in [5.74, 6) is -1.15. The van der Waals surface area contributed by atoms with Gasteiger partial charge in [0.1, 0.15) is 0 Å². The maximum absolute atomic E-state index is 11.0. The second-order valence-corrected chi connectivity index (χ2v) is 3.65. The van der Waals surface area contributed by atoms with Gasteiger partial charge in [0, 0.05) is 12.6 Å². The molecule has 2 unspecified atom stereocenters. The van der Waals surface area contributed by atoms with E-state index in [1.165, 1.54) is 0 Å². The van der Waals surface area contributed by atoms with Crippen LogP contribution in [0.4, 0.5) is 0 Å². The molecule has 0 aliphatic carbocycles. The number of carboxylic acids is 1. The summed E-state index contributed by atoms with van der Waals surface area (Å²) in [4.78, 5) is 11.0. The van der Waals surface area contributed by atoms with Crippen LogP contribution < -0.4 is 5.32 Å². The van der Waals surface area contributed by atoms with Crippen LogP contribution in [0.25, 0.3) is 0 Å². The third-order valence-electron chi connectivity index (χ3n) is 2.76. The average Bonchev–Trinajstić information content (AvgIpc) is 2.18. The molecule has 14 heavy (non-hydrogen) atoms. The summed E-state index contributed by atoms with van der Waals surface area (Å²) in [6.07, 6.45) is 0. The highest BCUT2D eigenvalue weighted by Crippen LogP contribution is 2.29. The Morgan fingerprint density at radius 3 is 2.71 bits per heavy atom. The molecule has 1 aromatic carbocycles. The van der Waals surface area contributed by atoms with Crippen molar-refractivity contribution in [2.75, 3.05) is 6.54 Å². The summed E-state index contributed by atoms with van der Waals surface area (Å²) in [5.41, 5.74) is 2.05. The monoisotopic (exact) mass is 191 g/mol. The van der Waals surface area contributed by atoms with Gasteiger partial charge in [-0.2, -0.15) is 0 Å². The molecule has 0 saturated heterocycles. The molecule has 2 rings (SSSR count). The fourth-order valence-electron chi connectivity index (χ4n) is 1.96. The Morgan fingerprint density at radius 2 is 2.07 bits per heavy atom. The molecule has 0 fully saturated rings. The highest BCUT2D eigenvalue weighted by molar-refractivity contribution is 5.77. The normalized spacial score (nSPS) is 25.5. The number of carboxylic acid groups (broad SMARTS) is 1. The molecule has 0 bridgehead atoms. The van der Waals surface area contributed by atoms with Crippen LogP contribution in [0.15, 0.2) is 24.3 Å². The van der Waals surface area contributed by atoms with Crippen LogP contribution in [-0.4, -0.2) is 17.6 Å². The first-order valence-corrected chi connectivity index (χ1v) is 4.75. The van der Waals surface area contributed by atoms with E-state index in [0.29, 0.717) is 6.54 Å². The van der Waals surface area contributed by atoms with Gasteiger partial charge in [-0.3, -0.25) is 4.79 Å². The van der Waals surface area contributed by atoms with Crippen LogP contribution in [-0.2, 0) is 4.79 Å². The van der Waals surface area contributed by atoms with Crippen molar-refractivity contribution in [1.82, 2.24) is 5.32 Å². The number of nitrogens with one attached hydrogen (secondary N) is 1. The quantitative estimate of drug-likeness (QED) is 0.707. The summed E-state index contributed by atoms with van der Waals surface area (Å²) in [6, 6.07) is 7.99. The van der Waals surface area contributed by atoms with Crippen LogP contribution in [0.5, 0.6) is 0 Å². The van der Waals surface area contributed by atoms with Crippen molar-refractivity contribution < 1.29 is 9.90 Å². The minimum atomic E-state index is -0.753. The molecule has 74 valence electrons. The van der Waals surface area contributed by atoms with Crippen LogP contribution in [0, 0.1) is 0 Å². The second kappa shape index (κ2) is 3.42. The first kappa shape index (κ1) is 9.21. The van der Waals surface area contributed by atoms with Gasteiger partial charge in [-0.15, -0.1) is 0 Å². The van der Waals surface area contributed by atoms with Crippen molar-refractivity contribution in [3.63, 3.8) is 0 Å². The van der Waals surface area contributed by atoms with Gasteiger partial charge >= 0.3 is 5.97 Å². The van der Waals surface area contributed by atoms with Gasteiger partial charge in [0.2, 0.25) is 0 Å². The zero-order valence-electron chi connectivity index (χ0n) is 8.03. The van der Waals surface area contributed by atoms with Crippen molar-refractivity contribution in [3.8, 4) is 0 Å². The molecule has 0 amide bonds. The molecule has 1 heterocycles. The van der Waals surface area contributed by atoms with Gasteiger partial charge in [0.25, 0.3) is 0 Å². The Balaban J connectivity index is 2.46. The molecule has 3 heteroatoms. The number of aliphatic carboxylic acids is 1. The standard InChI is InChI=1S/C11H13NO2/c1-7-8-4-2-3-5-9(8)10(6-12-7)11(13)14/h2-5,7,10,12H,6H2,1H3,(H,13,14). The lowest BCUT2D eigenvalue weighted by molar-refractivity contribution is -0.138. The van der Waals surface area contributed by atoms with Crippen molar-refractivity contribution in [2.24, 2.45) is 0 Å². The molecule has 1 aromatic rings. The third kappa shape index (κ3) is 1.40. The molecule has 0 radical (unpaired) electrons. The number of hydrogen-bond acceptors (Lipinski definition) is 2. The number of benzene rings is 1. The van der Waals surface area contributed by atoms with Gasteiger partial charge in [-0.05, 0) is 18.1 Å². The van der Waals surface area contributed by atoms with Gasteiger partial charge < -0.3 is 10.4 Å². The molecular formula is C11H13NO2. The molecule has 1 aliphatic rings. The Morgan fingerprint density at radius 1 is 1.43 bits per heavy atom. The van der Waals surface area contributed by atoms with E-state index in [9.17, 15) is 4.79 Å². The first-order valence-electron chi connectivity index (χ1n) is 4.75. The van der Waals surface area contributed by atoms with E-state index in [1.807, 2.05) is 24.3 Å². The molecule has 0 saturated carbocycles. The van der Waals surface area contributed by atoms with E-state index in [1.54, 1.807) is 0 Å². The van der Waals surface area contributed by atoms with Crippen molar-refractivity contribution in [2.45, 2.75) is 18.9 Å². The molecular weight excluding hydrogens is 178 g/mol. The minimum Gasteiger partial charge on any atom is -0.481 e. The Labute approximate surface area is 82.8 Å². The highest BCUT2D eigenvalue weighted by Gasteiger charge is 2.28. The molecule has 1 aliphatic heterocycles. The Kier molecular flexibility index (Phi) is 2.25. The molecule has 2 atom stereocenters. The van der Waals surface area contributed by atoms with Crippen LogP contribution in [0.2, 0.25) is 0 Å². The summed E-state index contributed by atoms with van der Waals surface area (Å²) in [6.45, 7) is 2.57. The van der Waals surface area contributed by atoms with E-state index in [-0.39, 0.29) is 6.04 Å². The van der Waals surface area contributed by atoms with Crippen LogP contribution >= 0.6 is 0 Å². The average molecular weight is 191 g/mol. The summed E-state index contributed by atoms with van der Waals surface area (Å²) in [7, 11) is 0. The predicted octanol–water partition coefficient (Wildman–Crippen LogP) is 1.52. The van der Waals surface area contributed by atoms with Gasteiger partial charge in [0.05, 0.1) is 5.92 Å². The van der Waals surface area contributed by atoms with Crippen LogP contribution in [0.1, 0.15) is 30.0 Å². The third-order valence-corrected chi connectivity index (χ3v) is 2.76. The predicted molar refractivity (Wildman–Crippen MR) is 53.2 cm³/mol. The molecule has 2 N–H and O–H groups in total. The topological polar surface area (TPSA) is 49.3 Å². The van der Waals surface area contributed by atoms with E-state index in [0.717, 1.165) is 11.1 Å². The van der Waals surface area contributed by atoms with Gasteiger partial charge in [0.15, 0.2) is 0 Å². The van der Waals surface area contributed by atoms with Crippen molar-refractivity contribution >= 4 is 5.97 Å². The Hall–Kier alpha value is -1.35. The van der Waals surface area contributed by atoms with E-state index < -0.39 is 11.9 Å². The summed E-state index contributed by atoms with van der Waals surface area (Å²) >= 11 is 0. The van der Waals surface area contributed by atoms with Gasteiger partial charge in [-0.25, -0.2) is 0 Å². The lowest BCUT2D eigenvalue weighted by Gasteiger charge is -2.28. The van der Waals surface area contributed by atoms with E-state index in [2.05, 4.69) is 12.2 Å². The summed E-state index contributed by atoms with van der Waals surface area (Å²) in [5, 5.41) is 12.2. The number of rotatable bonds is 1. The molecule has 0 spiro atoms. The zero-order chi connectivity index (χ0) is 10.1. The molecule has 3 nitrogen and oxygen atoms in total. The highest BCUT2D eigenvalue weighted by atomic mass is 16.4. The first-order chi connectivity index (χ1) is 6.70. The summed E-state index contributed by atoms with van der Waals surface area (Å²) < 4.78 is 0. The maximum Gasteiger partial charge on any atom is 0.312 e. The fraction of sp³-hybridized carbons (Fsp3) is 0.364. The fourth-order valence-corrected chi connectivity index (χ4v) is 1.96. The van der Waals surface area contributed by atoms with E-state index in [4.69, 9.17) is 5.11 Å². The minimum absolute atomic E-state index is 0.252. The van der Waals surface area contributed by atoms with Gasteiger partial charge in [-0.1, -0.05) is 24.3 Å². The SMILES string of the molecule is CC1NCC(C(=O)O)c2ccccc21. The zero-order valence-corrected chi connectivity index (χ0v) is 8.03. The number of hydrogen-bond donors (Lipinski definition) is 2. The Bertz CT molecular complexity index is 362. The largest absolute Gasteiger partial charge is 0.481 e. The number of carbonyl (C=O) groups is 1. The number of fused-ring (bicyclic) bond motifs is 1. The smallest absolute Gasteiger partial charge is 0.312 e. The second-order valence-electron chi connectivity index (χ2n) is 3.65. The lowest BCUT2D eigenvalue weighted by Crippen LogP contribution is -2.35. The molecule has 0 aromatic heterocycles. The lowest BCUT2D eigenvalue weighted by atomic mass is 9.87. The maximum atomic E-state index is 11.0. The van der Waals surface area contributed by atoms with Crippen molar-refractivity contribution in [1.29, 1.82) is 0 Å². The van der Waals surface area contributed by atoms with E-state index >= 15 is 0 Å². The van der Waals surface area contributed by atoms with Crippen molar-refractivity contribution in [3.05, 3.63) is 35.4 Å². The van der Waals surface area contributed by atoms with Crippen LogP contribution in [0.3, 0.4) is 0 Å².